The van der Waals surface area contributed by atoms with Gasteiger partial charge in [-0.2, -0.15) is 10.1 Å². The molecule has 0 fully saturated rings. The summed E-state index contributed by atoms with van der Waals surface area (Å²) in [7, 11) is 0. The summed E-state index contributed by atoms with van der Waals surface area (Å²) in [6, 6.07) is 13.7. The normalized spacial score (nSPS) is 10.8. The minimum absolute atomic E-state index is 0.199. The number of fused-ring (bicyclic) bond motifs is 1. The third-order valence-corrected chi connectivity index (χ3v) is 4.05. The number of carboxylic acids is 1. The molecule has 0 spiro atoms. The Hall–Kier alpha value is -3.45. The first-order valence-electron chi connectivity index (χ1n) is 7.67. The second-order valence-corrected chi connectivity index (χ2v) is 5.95. The molecule has 128 valence electrons. The van der Waals surface area contributed by atoms with Crippen LogP contribution in [0.2, 0.25) is 5.02 Å². The van der Waals surface area contributed by atoms with Crippen LogP contribution in [0.1, 0.15) is 10.4 Å². The number of aromatic nitrogens is 4. The molecule has 4 aromatic rings. The van der Waals surface area contributed by atoms with Gasteiger partial charge in [0.15, 0.2) is 5.65 Å². The summed E-state index contributed by atoms with van der Waals surface area (Å²) in [4.78, 5) is 21.8. The van der Waals surface area contributed by atoms with E-state index in [9.17, 15) is 4.79 Å². The molecule has 0 saturated heterocycles. The van der Waals surface area contributed by atoms with Gasteiger partial charge in [0.05, 0.1) is 22.8 Å². The molecular formula is C18H12ClN5O2. The van der Waals surface area contributed by atoms with Crippen LogP contribution in [0, 0.1) is 0 Å². The minimum atomic E-state index is -0.985. The van der Waals surface area contributed by atoms with Gasteiger partial charge in [0, 0.05) is 16.9 Å². The summed E-state index contributed by atoms with van der Waals surface area (Å²) in [5.74, 6) is -0.576. The molecule has 4 rings (SSSR count). The Labute approximate surface area is 152 Å². The van der Waals surface area contributed by atoms with Gasteiger partial charge < -0.3 is 5.11 Å². The molecule has 0 saturated carbocycles. The van der Waals surface area contributed by atoms with E-state index >= 15 is 0 Å². The third-order valence-electron chi connectivity index (χ3n) is 3.82. The highest BCUT2D eigenvalue weighted by molar-refractivity contribution is 6.30. The van der Waals surface area contributed by atoms with E-state index in [1.807, 2.05) is 12.1 Å². The molecule has 7 nitrogen and oxygen atoms in total. The molecule has 0 amide bonds. The van der Waals surface area contributed by atoms with Crippen molar-refractivity contribution in [1.29, 1.82) is 0 Å². The van der Waals surface area contributed by atoms with Gasteiger partial charge in [0.25, 0.3) is 0 Å². The van der Waals surface area contributed by atoms with Gasteiger partial charge in [-0.25, -0.2) is 9.78 Å². The van der Waals surface area contributed by atoms with Crippen molar-refractivity contribution in [3.8, 4) is 0 Å². The lowest BCUT2D eigenvalue weighted by Crippen LogP contribution is -2.13. The van der Waals surface area contributed by atoms with Crippen molar-refractivity contribution in [3.63, 3.8) is 0 Å². The number of benzene rings is 2. The summed E-state index contributed by atoms with van der Waals surface area (Å²) in [6.45, 7) is 0. The van der Waals surface area contributed by atoms with Crippen LogP contribution < -0.4 is 4.90 Å². The fourth-order valence-corrected chi connectivity index (χ4v) is 2.77. The lowest BCUT2D eigenvalue weighted by Gasteiger charge is -2.23. The molecule has 26 heavy (non-hydrogen) atoms. The number of aromatic amines is 1. The Morgan fingerprint density at radius 3 is 2.62 bits per heavy atom. The van der Waals surface area contributed by atoms with Crippen LogP contribution in [0.4, 0.5) is 17.3 Å². The number of carboxylic acid groups (broad SMARTS) is 1. The second-order valence-electron chi connectivity index (χ2n) is 5.51. The molecule has 0 radical (unpaired) electrons. The van der Waals surface area contributed by atoms with Crippen molar-refractivity contribution in [3.05, 3.63) is 71.5 Å². The van der Waals surface area contributed by atoms with E-state index < -0.39 is 5.97 Å². The van der Waals surface area contributed by atoms with Gasteiger partial charge in [-0.15, -0.1) is 0 Å². The summed E-state index contributed by atoms with van der Waals surface area (Å²) < 4.78 is 0. The number of hydrogen-bond acceptors (Lipinski definition) is 5. The first-order chi connectivity index (χ1) is 12.6. The molecule has 8 heteroatoms. The molecule has 0 atom stereocenters. The van der Waals surface area contributed by atoms with Gasteiger partial charge in [-0.05, 0) is 42.5 Å². The highest BCUT2D eigenvalue weighted by atomic mass is 35.5. The molecule has 0 aliphatic carbocycles. The van der Waals surface area contributed by atoms with Crippen LogP contribution in [0.5, 0.6) is 0 Å². The smallest absolute Gasteiger partial charge is 0.335 e. The maximum absolute atomic E-state index is 11.1. The molecule has 2 aromatic carbocycles. The zero-order valence-electron chi connectivity index (χ0n) is 13.3. The van der Waals surface area contributed by atoms with Crippen molar-refractivity contribution < 1.29 is 9.90 Å². The summed E-state index contributed by atoms with van der Waals surface area (Å²) >= 11 is 6.15. The predicted molar refractivity (Wildman–Crippen MR) is 98.3 cm³/mol. The van der Waals surface area contributed by atoms with Gasteiger partial charge in [0.2, 0.25) is 5.95 Å². The first kappa shape index (κ1) is 16.0. The van der Waals surface area contributed by atoms with E-state index in [0.29, 0.717) is 22.3 Å². The fourth-order valence-electron chi connectivity index (χ4n) is 2.58. The van der Waals surface area contributed by atoms with Crippen molar-refractivity contribution in [2.24, 2.45) is 0 Å². The Balaban J connectivity index is 1.87. The van der Waals surface area contributed by atoms with E-state index in [0.717, 1.165) is 11.1 Å². The van der Waals surface area contributed by atoms with Gasteiger partial charge in [-0.3, -0.25) is 10.00 Å². The van der Waals surface area contributed by atoms with Crippen LogP contribution in [0.15, 0.2) is 60.9 Å². The van der Waals surface area contributed by atoms with E-state index in [2.05, 4.69) is 20.2 Å². The van der Waals surface area contributed by atoms with Crippen LogP contribution in [-0.2, 0) is 0 Å². The average molecular weight is 366 g/mol. The monoisotopic (exact) mass is 365 g/mol. The second kappa shape index (κ2) is 6.45. The Bertz CT molecular complexity index is 1090. The number of nitrogens with zero attached hydrogens (tertiary/aromatic N) is 4. The maximum atomic E-state index is 11.1. The van der Waals surface area contributed by atoms with Crippen molar-refractivity contribution in [1.82, 2.24) is 20.2 Å². The molecule has 2 N–H and O–H groups in total. The molecule has 0 aliphatic heterocycles. The van der Waals surface area contributed by atoms with E-state index in [-0.39, 0.29) is 5.56 Å². The van der Waals surface area contributed by atoms with Crippen molar-refractivity contribution in [2.75, 3.05) is 4.90 Å². The number of aromatic carboxylic acids is 1. The molecule has 2 aromatic heterocycles. The molecular weight excluding hydrogens is 354 g/mol. The number of rotatable bonds is 4. The van der Waals surface area contributed by atoms with Crippen LogP contribution in [0.25, 0.3) is 11.0 Å². The summed E-state index contributed by atoms with van der Waals surface area (Å²) in [5, 5.41) is 17.3. The first-order valence-corrected chi connectivity index (χ1v) is 8.05. The molecule has 2 heterocycles. The van der Waals surface area contributed by atoms with Gasteiger partial charge in [-0.1, -0.05) is 17.7 Å². The van der Waals surface area contributed by atoms with E-state index in [1.165, 1.54) is 12.1 Å². The van der Waals surface area contributed by atoms with Crippen LogP contribution in [0.3, 0.4) is 0 Å². The lowest BCUT2D eigenvalue weighted by molar-refractivity contribution is 0.0697. The highest BCUT2D eigenvalue weighted by Gasteiger charge is 2.17. The fraction of sp³-hybridized carbons (Fsp3) is 0. The van der Waals surface area contributed by atoms with E-state index in [1.54, 1.807) is 41.6 Å². The highest BCUT2D eigenvalue weighted by Crippen LogP contribution is 2.33. The largest absolute Gasteiger partial charge is 0.478 e. The zero-order chi connectivity index (χ0) is 18.1. The Morgan fingerprint density at radius 1 is 1.08 bits per heavy atom. The minimum Gasteiger partial charge on any atom is -0.478 e. The van der Waals surface area contributed by atoms with Crippen LogP contribution in [-0.4, -0.2) is 31.2 Å². The SMILES string of the molecule is O=C(O)c1ccc(N(c2cccc(Cl)c2)c2ncc3cn[nH]c3n2)cc1. The molecule has 0 bridgehead atoms. The van der Waals surface area contributed by atoms with E-state index in [4.69, 9.17) is 16.7 Å². The topological polar surface area (TPSA) is 95.0 Å². The van der Waals surface area contributed by atoms with Crippen molar-refractivity contribution in [2.45, 2.75) is 0 Å². The van der Waals surface area contributed by atoms with Gasteiger partial charge >= 0.3 is 5.97 Å². The number of halogens is 1. The number of H-pyrrole nitrogens is 1. The number of carbonyl (C=O) groups is 1. The third kappa shape index (κ3) is 2.96. The quantitative estimate of drug-likeness (QED) is 0.563. The zero-order valence-corrected chi connectivity index (χ0v) is 14.1. The van der Waals surface area contributed by atoms with Gasteiger partial charge in [0.1, 0.15) is 0 Å². The summed E-state index contributed by atoms with van der Waals surface area (Å²) in [6.07, 6.45) is 3.31. The number of anilines is 3. The van der Waals surface area contributed by atoms with Crippen molar-refractivity contribution >= 4 is 45.9 Å². The number of hydrogen-bond donors (Lipinski definition) is 2. The average Bonchev–Trinajstić information content (AvgIpc) is 3.10. The Morgan fingerprint density at radius 2 is 1.88 bits per heavy atom. The maximum Gasteiger partial charge on any atom is 0.335 e. The molecule has 0 unspecified atom stereocenters. The standard InChI is InChI=1S/C18H12ClN5O2/c19-13-2-1-3-15(8-13)24(14-6-4-11(5-7-14)17(25)26)18-20-9-12-10-21-23-16(12)22-18/h1-10H,(H,25,26)(H,20,21,22,23). The number of nitrogens with one attached hydrogen (secondary N) is 1. The lowest BCUT2D eigenvalue weighted by atomic mass is 10.2. The Kier molecular flexibility index (Phi) is 3.98. The molecule has 0 aliphatic rings. The predicted octanol–water partition coefficient (Wildman–Crippen LogP) is 4.17. The summed E-state index contributed by atoms with van der Waals surface area (Å²) in [5.41, 5.74) is 2.25. The van der Waals surface area contributed by atoms with Crippen LogP contribution >= 0.6 is 11.6 Å².